The van der Waals surface area contributed by atoms with Crippen molar-refractivity contribution < 1.29 is 0 Å². The molecular formula is C66H43N4+. The average Bonchev–Trinajstić information content (AvgIpc) is 3.95. The number of benzene rings is 10. The Bertz CT molecular complexity index is 4660. The number of anilines is 2. The van der Waals surface area contributed by atoms with Crippen LogP contribution in [0.25, 0.3) is 55.0 Å². The lowest BCUT2D eigenvalue weighted by molar-refractivity contribution is 0.894. The van der Waals surface area contributed by atoms with Crippen molar-refractivity contribution >= 4 is 72.1 Å². The van der Waals surface area contributed by atoms with E-state index in [9.17, 15) is 0 Å². The van der Waals surface area contributed by atoms with Gasteiger partial charge >= 0.3 is 0 Å². The van der Waals surface area contributed by atoms with E-state index in [1.165, 1.54) is 91.1 Å². The molecule has 0 radical (unpaired) electrons. The van der Waals surface area contributed by atoms with Gasteiger partial charge in [0, 0.05) is 62.9 Å². The van der Waals surface area contributed by atoms with Gasteiger partial charge in [-0.3, -0.25) is 0 Å². The molecule has 0 saturated heterocycles. The Labute approximate surface area is 402 Å². The summed E-state index contributed by atoms with van der Waals surface area (Å²) in [6.45, 7) is 0. The van der Waals surface area contributed by atoms with Gasteiger partial charge in [-0.1, -0.05) is 164 Å². The minimum Gasteiger partial charge on any atom is -0.319 e. The van der Waals surface area contributed by atoms with E-state index in [1.54, 1.807) is 0 Å². The van der Waals surface area contributed by atoms with E-state index in [1.807, 2.05) is 0 Å². The third kappa shape index (κ3) is 5.62. The molecule has 3 aliphatic rings. The lowest BCUT2D eigenvalue weighted by atomic mass is 9.95. The predicted molar refractivity (Wildman–Crippen MR) is 289 cm³/mol. The Kier molecular flexibility index (Phi) is 8.39. The highest BCUT2D eigenvalue weighted by Gasteiger charge is 2.40. The molecule has 10 aromatic carbocycles. The molecule has 0 fully saturated rings. The maximum atomic E-state index is 2.53. The molecule has 1 unspecified atom stereocenters. The summed E-state index contributed by atoms with van der Waals surface area (Å²) < 4.78 is 7.36. The summed E-state index contributed by atoms with van der Waals surface area (Å²) in [5.41, 5.74) is 12.9. The van der Waals surface area contributed by atoms with Gasteiger partial charge in [0.1, 0.15) is 11.7 Å². The second-order valence-electron chi connectivity index (χ2n) is 18.6. The van der Waals surface area contributed by atoms with Crippen LogP contribution in [-0.2, 0) is 0 Å². The first-order chi connectivity index (χ1) is 34.8. The summed E-state index contributed by atoms with van der Waals surface area (Å²) in [7, 11) is 0. The van der Waals surface area contributed by atoms with Crippen LogP contribution in [0.1, 0.15) is 0 Å². The smallest absolute Gasteiger partial charge is 0.235 e. The lowest BCUT2D eigenvalue weighted by Gasteiger charge is -2.35. The number of hydrogen-bond acceptors (Lipinski definition) is 1. The van der Waals surface area contributed by atoms with Crippen molar-refractivity contribution in [2.75, 3.05) is 4.90 Å². The van der Waals surface area contributed by atoms with E-state index in [0.717, 1.165) is 34.1 Å². The van der Waals surface area contributed by atoms with Crippen molar-refractivity contribution in [2.45, 2.75) is 6.04 Å². The fraction of sp³-hybridized carbons (Fsp3) is 0.0152. The highest BCUT2D eigenvalue weighted by molar-refractivity contribution is 6.13. The molecule has 1 atom stereocenters. The SMILES string of the molecule is C1=CC2=[N+](c3ccccc3)c3cc4c(cc3N(c3ccccc3)C2C=C1)=c1ccccc1=c1cc(-n2c3ccccc3c3cc(-n5c6ccccc6c6ccccc65)ccc32)ccc1=c1ccccc1=4. The number of fused-ring (bicyclic) bond motifs is 12. The molecule has 0 N–H and O–H groups in total. The molecule has 0 bridgehead atoms. The van der Waals surface area contributed by atoms with Crippen LogP contribution in [0.15, 0.2) is 255 Å². The van der Waals surface area contributed by atoms with Gasteiger partial charge < -0.3 is 14.0 Å². The number of hydrogen-bond donors (Lipinski definition) is 0. The third-order valence-corrected chi connectivity index (χ3v) is 14.9. The molecule has 4 nitrogen and oxygen atoms in total. The van der Waals surface area contributed by atoms with Gasteiger partial charge in [0.05, 0.1) is 22.1 Å². The quantitative estimate of drug-likeness (QED) is 0.161. The van der Waals surface area contributed by atoms with Crippen molar-refractivity contribution in [3.8, 4) is 11.4 Å². The van der Waals surface area contributed by atoms with Crippen LogP contribution in [0, 0.1) is 41.7 Å². The maximum Gasteiger partial charge on any atom is 0.235 e. The Morgan fingerprint density at radius 3 is 1.44 bits per heavy atom. The Hall–Kier alpha value is -9.25. The van der Waals surface area contributed by atoms with E-state index in [2.05, 4.69) is 273 Å². The first kappa shape index (κ1) is 38.8. The zero-order valence-electron chi connectivity index (χ0n) is 38.1. The molecule has 4 heteroatoms. The van der Waals surface area contributed by atoms with Crippen LogP contribution >= 0.6 is 0 Å². The van der Waals surface area contributed by atoms with Crippen molar-refractivity contribution in [3.05, 3.63) is 297 Å². The second-order valence-corrected chi connectivity index (χ2v) is 18.6. The normalized spacial score (nSPS) is 14.5. The van der Waals surface area contributed by atoms with Crippen LogP contribution in [0.3, 0.4) is 0 Å². The molecule has 12 aromatic rings. The zero-order valence-corrected chi connectivity index (χ0v) is 38.1. The molecular weight excluding hydrogens is 849 g/mol. The molecule has 326 valence electrons. The van der Waals surface area contributed by atoms with Crippen molar-refractivity contribution in [3.63, 3.8) is 0 Å². The van der Waals surface area contributed by atoms with E-state index < -0.39 is 0 Å². The van der Waals surface area contributed by atoms with Gasteiger partial charge in [0.2, 0.25) is 17.1 Å². The van der Waals surface area contributed by atoms with Crippen LogP contribution in [0.4, 0.5) is 22.7 Å². The van der Waals surface area contributed by atoms with E-state index in [4.69, 9.17) is 0 Å². The standard InChI is InChI=1S/C66H43N4/c1-3-19-43(20-4-1)67-63-33-17-18-34-64(63)68(44-21-5-2-6-22-44)66-42-57-50-26-10-9-25-49(50)55-39-45(35-37-51(55)47-23-7-8-24-48(47)56(57)41-65(66)67)70-61-32-16-13-29-54(61)58-40-46(36-38-62(58)70)69-59-30-14-11-27-52(59)53-28-12-15-31-60(53)69/h1-42,64H/q+1. The first-order valence-corrected chi connectivity index (χ1v) is 24.2. The Morgan fingerprint density at radius 1 is 0.329 bits per heavy atom. The predicted octanol–water partition coefficient (Wildman–Crippen LogP) is 15.3. The number of nitrogens with zero attached hydrogens (tertiary/aromatic N) is 4. The number of aromatic nitrogens is 2. The largest absolute Gasteiger partial charge is 0.319 e. The molecule has 70 heavy (non-hydrogen) atoms. The number of para-hydroxylation sites is 5. The molecule has 15 rings (SSSR count). The summed E-state index contributed by atoms with van der Waals surface area (Å²) >= 11 is 0. The molecule has 0 spiro atoms. The summed E-state index contributed by atoms with van der Waals surface area (Å²) in [6.07, 6.45) is 8.97. The van der Waals surface area contributed by atoms with Crippen molar-refractivity contribution in [1.82, 2.24) is 13.7 Å². The topological polar surface area (TPSA) is 16.1 Å². The molecule has 1 aliphatic heterocycles. The van der Waals surface area contributed by atoms with Gasteiger partial charge in [0.25, 0.3) is 0 Å². The summed E-state index contributed by atoms with van der Waals surface area (Å²) in [6, 6.07) is 85.3. The molecule has 3 heterocycles. The van der Waals surface area contributed by atoms with Crippen molar-refractivity contribution in [2.24, 2.45) is 0 Å². The Balaban J connectivity index is 1.05. The van der Waals surface area contributed by atoms with Gasteiger partial charge in [0.15, 0.2) is 0 Å². The van der Waals surface area contributed by atoms with Crippen LogP contribution in [0.2, 0.25) is 0 Å². The molecule has 2 aliphatic carbocycles. The van der Waals surface area contributed by atoms with Gasteiger partial charge in [-0.2, -0.15) is 4.58 Å². The van der Waals surface area contributed by atoms with Crippen LogP contribution < -0.4 is 9.48 Å². The van der Waals surface area contributed by atoms with Crippen LogP contribution in [0.5, 0.6) is 0 Å². The Morgan fingerprint density at radius 2 is 0.800 bits per heavy atom. The fourth-order valence-corrected chi connectivity index (χ4v) is 12.0. The highest BCUT2D eigenvalue weighted by Crippen LogP contribution is 2.44. The summed E-state index contributed by atoms with van der Waals surface area (Å²) in [5.74, 6) is 0. The molecule has 0 amide bonds. The number of allylic oxidation sites excluding steroid dienone is 2. The van der Waals surface area contributed by atoms with E-state index in [0.29, 0.717) is 0 Å². The van der Waals surface area contributed by atoms with E-state index >= 15 is 0 Å². The first-order valence-electron chi connectivity index (χ1n) is 24.2. The second kappa shape index (κ2) is 15.1. The molecule has 2 aromatic heterocycles. The van der Waals surface area contributed by atoms with E-state index in [-0.39, 0.29) is 6.04 Å². The van der Waals surface area contributed by atoms with Crippen molar-refractivity contribution in [1.29, 1.82) is 0 Å². The minimum atomic E-state index is -0.0122. The lowest BCUT2D eigenvalue weighted by Crippen LogP contribution is -2.44. The fourth-order valence-electron chi connectivity index (χ4n) is 12.0. The minimum absolute atomic E-state index is 0.0122. The summed E-state index contributed by atoms with van der Waals surface area (Å²) in [4.78, 5) is 2.53. The zero-order chi connectivity index (χ0) is 45.9. The average molecular weight is 892 g/mol. The van der Waals surface area contributed by atoms with Gasteiger partial charge in [-0.25, -0.2) is 0 Å². The van der Waals surface area contributed by atoms with Crippen LogP contribution in [-0.4, -0.2) is 20.9 Å². The third-order valence-electron chi connectivity index (χ3n) is 14.9. The monoisotopic (exact) mass is 891 g/mol. The number of rotatable bonds is 4. The summed E-state index contributed by atoms with van der Waals surface area (Å²) in [5, 5.41) is 14.7. The van der Waals surface area contributed by atoms with Gasteiger partial charge in [-0.05, 0) is 108 Å². The molecule has 0 saturated carbocycles. The van der Waals surface area contributed by atoms with Gasteiger partial charge in [-0.15, -0.1) is 0 Å². The highest BCUT2D eigenvalue weighted by atomic mass is 15.2. The maximum absolute atomic E-state index is 2.53.